The molecule has 62 heavy (non-hydrogen) atoms. The minimum atomic E-state index is -0.761. The highest BCUT2D eigenvalue weighted by Gasteiger charge is 2.19. The number of carbonyl (C=O) groups is 3. The zero-order valence-electron chi connectivity index (χ0n) is 42.3. The Kier molecular flexibility index (Phi) is 49.1. The van der Waals surface area contributed by atoms with Gasteiger partial charge in [-0.1, -0.05) is 278 Å². The minimum Gasteiger partial charge on any atom is -0.462 e. The highest BCUT2D eigenvalue weighted by molar-refractivity contribution is 5.71. The van der Waals surface area contributed by atoms with Crippen LogP contribution in [0.15, 0.2) is 0 Å². The van der Waals surface area contributed by atoms with Gasteiger partial charge in [0, 0.05) is 19.3 Å². The first-order valence-corrected chi connectivity index (χ1v) is 27.9. The molecule has 0 aromatic carbocycles. The summed E-state index contributed by atoms with van der Waals surface area (Å²) in [6.45, 7) is 9.04. The molecule has 0 heterocycles. The number of unbranched alkanes of at least 4 members (excludes halogenated alkanes) is 38. The van der Waals surface area contributed by atoms with Crippen LogP contribution >= 0.6 is 0 Å². The van der Waals surface area contributed by atoms with Gasteiger partial charge < -0.3 is 14.2 Å². The van der Waals surface area contributed by atoms with Crippen molar-refractivity contribution in [2.45, 2.75) is 323 Å². The maximum Gasteiger partial charge on any atom is 0.306 e. The van der Waals surface area contributed by atoms with Gasteiger partial charge in [-0.3, -0.25) is 14.4 Å². The maximum absolute atomic E-state index is 12.8. The van der Waals surface area contributed by atoms with Crippen LogP contribution in [0.4, 0.5) is 0 Å². The summed E-state index contributed by atoms with van der Waals surface area (Å²) in [5.74, 6) is -0.00565. The predicted molar refractivity (Wildman–Crippen MR) is 266 cm³/mol. The van der Waals surface area contributed by atoms with Crippen molar-refractivity contribution in [3.63, 3.8) is 0 Å². The van der Waals surface area contributed by atoms with Crippen molar-refractivity contribution in [2.24, 2.45) is 5.92 Å². The summed E-state index contributed by atoms with van der Waals surface area (Å²) < 4.78 is 16.8. The van der Waals surface area contributed by atoms with Crippen LogP contribution in [-0.2, 0) is 28.6 Å². The molecule has 0 aromatic rings. The summed E-state index contributed by atoms with van der Waals surface area (Å²) in [7, 11) is 0. The van der Waals surface area contributed by atoms with Crippen LogP contribution < -0.4 is 0 Å². The zero-order chi connectivity index (χ0) is 45.2. The third-order valence-corrected chi connectivity index (χ3v) is 12.8. The van der Waals surface area contributed by atoms with Crippen LogP contribution in [0, 0.1) is 5.92 Å². The van der Waals surface area contributed by atoms with Gasteiger partial charge in [-0.2, -0.15) is 0 Å². The molecular formula is C56H108O6. The van der Waals surface area contributed by atoms with Crippen LogP contribution in [0.5, 0.6) is 0 Å². The normalized spacial score (nSPS) is 12.0. The number of carbonyl (C=O) groups excluding carboxylic acids is 3. The van der Waals surface area contributed by atoms with Crippen molar-refractivity contribution < 1.29 is 28.6 Å². The SMILES string of the molecule is CCCCCCCCCCCCCCCCCCCCC(=O)O[C@H](COC(=O)CCCCCCCCCCCCC)COC(=O)CCCCCCCCCCCCCCC(C)C. The fourth-order valence-electron chi connectivity index (χ4n) is 8.57. The van der Waals surface area contributed by atoms with Crippen LogP contribution in [-0.4, -0.2) is 37.2 Å². The second-order valence-corrected chi connectivity index (χ2v) is 19.7. The third-order valence-electron chi connectivity index (χ3n) is 12.8. The highest BCUT2D eigenvalue weighted by Crippen LogP contribution is 2.18. The van der Waals surface area contributed by atoms with Crippen molar-refractivity contribution >= 4 is 17.9 Å². The van der Waals surface area contributed by atoms with Gasteiger partial charge in [0.1, 0.15) is 13.2 Å². The monoisotopic (exact) mass is 877 g/mol. The fourth-order valence-corrected chi connectivity index (χ4v) is 8.57. The van der Waals surface area contributed by atoms with Gasteiger partial charge in [0.2, 0.25) is 0 Å². The molecule has 1 atom stereocenters. The van der Waals surface area contributed by atoms with E-state index in [4.69, 9.17) is 14.2 Å². The molecule has 0 fully saturated rings. The summed E-state index contributed by atoms with van der Waals surface area (Å²) in [5.41, 5.74) is 0. The maximum atomic E-state index is 12.8. The highest BCUT2D eigenvalue weighted by atomic mass is 16.6. The van der Waals surface area contributed by atoms with E-state index in [1.807, 2.05) is 0 Å². The summed E-state index contributed by atoms with van der Waals surface area (Å²) >= 11 is 0. The quantitative estimate of drug-likeness (QED) is 0.0344. The molecule has 0 unspecified atom stereocenters. The van der Waals surface area contributed by atoms with Crippen LogP contribution in [0.25, 0.3) is 0 Å². The lowest BCUT2D eigenvalue weighted by Gasteiger charge is -2.18. The predicted octanol–water partition coefficient (Wildman–Crippen LogP) is 18.2. The fraction of sp³-hybridized carbons (Fsp3) is 0.946. The number of hydrogen-bond acceptors (Lipinski definition) is 6. The van der Waals surface area contributed by atoms with Crippen LogP contribution in [0.3, 0.4) is 0 Å². The first kappa shape index (κ1) is 60.4. The Hall–Kier alpha value is -1.59. The molecule has 0 aliphatic heterocycles. The van der Waals surface area contributed by atoms with Gasteiger partial charge in [-0.25, -0.2) is 0 Å². The van der Waals surface area contributed by atoms with Gasteiger partial charge >= 0.3 is 17.9 Å². The molecule has 0 bridgehead atoms. The molecule has 0 rings (SSSR count). The van der Waals surface area contributed by atoms with E-state index in [9.17, 15) is 14.4 Å². The second-order valence-electron chi connectivity index (χ2n) is 19.7. The molecule has 0 aliphatic carbocycles. The first-order chi connectivity index (χ1) is 30.4. The van der Waals surface area contributed by atoms with E-state index in [1.54, 1.807) is 0 Å². The lowest BCUT2D eigenvalue weighted by Crippen LogP contribution is -2.30. The van der Waals surface area contributed by atoms with E-state index in [-0.39, 0.29) is 31.1 Å². The molecule has 0 spiro atoms. The van der Waals surface area contributed by atoms with Crippen molar-refractivity contribution in [3.05, 3.63) is 0 Å². The molecule has 6 nitrogen and oxygen atoms in total. The first-order valence-electron chi connectivity index (χ1n) is 27.9. The smallest absolute Gasteiger partial charge is 0.306 e. The van der Waals surface area contributed by atoms with Crippen LogP contribution in [0.1, 0.15) is 317 Å². The molecule has 0 radical (unpaired) electrons. The summed E-state index contributed by atoms with van der Waals surface area (Å²) in [5, 5.41) is 0. The zero-order valence-corrected chi connectivity index (χ0v) is 42.3. The van der Waals surface area contributed by atoms with Gasteiger partial charge in [0.15, 0.2) is 6.10 Å². The molecule has 6 heteroatoms. The second kappa shape index (κ2) is 50.4. The molecule has 368 valence electrons. The van der Waals surface area contributed by atoms with E-state index >= 15 is 0 Å². The Morgan fingerprint density at radius 1 is 0.306 bits per heavy atom. The average Bonchev–Trinajstić information content (AvgIpc) is 3.26. The Morgan fingerprint density at radius 3 is 0.790 bits per heavy atom. The molecule has 0 aromatic heterocycles. The summed E-state index contributed by atoms with van der Waals surface area (Å²) in [4.78, 5) is 38.0. The van der Waals surface area contributed by atoms with Crippen molar-refractivity contribution in [1.29, 1.82) is 0 Å². The average molecular weight is 877 g/mol. The van der Waals surface area contributed by atoms with E-state index in [1.165, 1.54) is 212 Å². The largest absolute Gasteiger partial charge is 0.462 e. The van der Waals surface area contributed by atoms with E-state index in [2.05, 4.69) is 27.7 Å². The molecule has 0 saturated heterocycles. The number of hydrogen-bond donors (Lipinski definition) is 0. The lowest BCUT2D eigenvalue weighted by atomic mass is 10.0. The molecule has 0 aliphatic rings. The van der Waals surface area contributed by atoms with Crippen LogP contribution in [0.2, 0.25) is 0 Å². The summed E-state index contributed by atoms with van der Waals surface area (Å²) in [6, 6.07) is 0. The standard InChI is InChI=1S/C56H108O6/c1-5-7-9-11-13-15-17-18-19-20-21-22-23-29-33-37-41-45-49-56(59)62-53(50-60-54(57)47-43-39-35-31-26-16-14-12-10-8-6-2)51-61-55(58)48-44-40-36-32-28-25-24-27-30-34-38-42-46-52(3)4/h52-53H,5-51H2,1-4H3/t53-/m1/s1. The summed E-state index contributed by atoms with van der Waals surface area (Å²) in [6.07, 6.45) is 53.8. The Balaban J connectivity index is 4.27. The number of esters is 3. The van der Waals surface area contributed by atoms with Crippen molar-refractivity contribution in [3.8, 4) is 0 Å². The third kappa shape index (κ3) is 49.4. The van der Waals surface area contributed by atoms with Gasteiger partial charge in [-0.05, 0) is 25.2 Å². The van der Waals surface area contributed by atoms with Gasteiger partial charge in [0.05, 0.1) is 0 Å². The molecule has 0 saturated carbocycles. The van der Waals surface area contributed by atoms with E-state index in [0.29, 0.717) is 19.3 Å². The number of ether oxygens (including phenoxy) is 3. The topological polar surface area (TPSA) is 78.9 Å². The number of rotatable bonds is 51. The minimum absolute atomic E-state index is 0.0624. The van der Waals surface area contributed by atoms with E-state index < -0.39 is 6.10 Å². The molecule has 0 amide bonds. The molecule has 0 N–H and O–H groups in total. The van der Waals surface area contributed by atoms with Crippen molar-refractivity contribution in [2.75, 3.05) is 13.2 Å². The van der Waals surface area contributed by atoms with Crippen molar-refractivity contribution in [1.82, 2.24) is 0 Å². The Morgan fingerprint density at radius 2 is 0.532 bits per heavy atom. The lowest BCUT2D eigenvalue weighted by molar-refractivity contribution is -0.167. The Labute approximate surface area is 387 Å². The van der Waals surface area contributed by atoms with Gasteiger partial charge in [0.25, 0.3) is 0 Å². The molecular weight excluding hydrogens is 769 g/mol. The Bertz CT molecular complexity index is 933. The van der Waals surface area contributed by atoms with E-state index in [0.717, 1.165) is 63.7 Å². The van der Waals surface area contributed by atoms with Gasteiger partial charge in [-0.15, -0.1) is 0 Å².